The molecule has 0 aliphatic rings. The van der Waals surface area contributed by atoms with E-state index in [2.05, 4.69) is 0 Å². The normalized spacial score (nSPS) is 11.9. The SMILES string of the molecule is CCOC(=O)C[C@H](c1ccc(-c2ccccc2)o1)c1oc(CO)cc(=O)c1O. The molecule has 0 saturated heterocycles. The molecule has 1 aromatic carbocycles. The molecule has 0 bridgehead atoms. The van der Waals surface area contributed by atoms with E-state index in [1.807, 2.05) is 30.3 Å². The van der Waals surface area contributed by atoms with Crippen molar-refractivity contribution in [1.29, 1.82) is 0 Å². The van der Waals surface area contributed by atoms with Crippen molar-refractivity contribution in [3.8, 4) is 17.1 Å². The third-order valence-corrected chi connectivity index (χ3v) is 4.18. The van der Waals surface area contributed by atoms with Crippen molar-refractivity contribution in [2.75, 3.05) is 6.61 Å². The summed E-state index contributed by atoms with van der Waals surface area (Å²) in [6, 6.07) is 13.7. The van der Waals surface area contributed by atoms with E-state index in [4.69, 9.17) is 13.6 Å². The lowest BCUT2D eigenvalue weighted by atomic mass is 9.98. The van der Waals surface area contributed by atoms with Gasteiger partial charge in [-0.1, -0.05) is 30.3 Å². The van der Waals surface area contributed by atoms with Crippen molar-refractivity contribution in [1.82, 2.24) is 0 Å². The summed E-state index contributed by atoms with van der Waals surface area (Å²) in [4.78, 5) is 24.1. The first-order chi connectivity index (χ1) is 13.5. The fourth-order valence-corrected chi connectivity index (χ4v) is 2.88. The second kappa shape index (κ2) is 8.58. The fraction of sp³-hybridized carbons (Fsp3) is 0.238. The Labute approximate surface area is 160 Å². The molecule has 0 unspecified atom stereocenters. The van der Waals surface area contributed by atoms with Gasteiger partial charge in [0.15, 0.2) is 5.76 Å². The third-order valence-electron chi connectivity index (χ3n) is 4.18. The summed E-state index contributed by atoms with van der Waals surface area (Å²) < 4.78 is 16.4. The highest BCUT2D eigenvalue weighted by Crippen LogP contribution is 2.36. The van der Waals surface area contributed by atoms with Gasteiger partial charge >= 0.3 is 5.97 Å². The fourth-order valence-electron chi connectivity index (χ4n) is 2.88. The van der Waals surface area contributed by atoms with Gasteiger partial charge in [0.1, 0.15) is 23.9 Å². The number of rotatable bonds is 7. The van der Waals surface area contributed by atoms with Crippen molar-refractivity contribution < 1.29 is 28.6 Å². The van der Waals surface area contributed by atoms with Crippen molar-refractivity contribution >= 4 is 5.97 Å². The third kappa shape index (κ3) is 4.15. The highest BCUT2D eigenvalue weighted by atomic mass is 16.5. The van der Waals surface area contributed by atoms with Crippen LogP contribution in [-0.4, -0.2) is 22.8 Å². The van der Waals surface area contributed by atoms with Gasteiger partial charge in [-0.15, -0.1) is 0 Å². The van der Waals surface area contributed by atoms with Crippen LogP contribution in [0.15, 0.2) is 62.2 Å². The van der Waals surface area contributed by atoms with Crippen molar-refractivity contribution in [2.24, 2.45) is 0 Å². The molecule has 0 saturated carbocycles. The Bertz CT molecular complexity index is 1000. The average molecular weight is 384 g/mol. The molecule has 0 spiro atoms. The van der Waals surface area contributed by atoms with E-state index in [9.17, 15) is 19.8 Å². The first kappa shape index (κ1) is 19.4. The van der Waals surface area contributed by atoms with Crippen LogP contribution in [0.4, 0.5) is 0 Å². The number of hydrogen-bond acceptors (Lipinski definition) is 7. The number of hydrogen-bond donors (Lipinski definition) is 2. The Morgan fingerprint density at radius 3 is 2.57 bits per heavy atom. The zero-order valence-corrected chi connectivity index (χ0v) is 15.3. The zero-order valence-electron chi connectivity index (χ0n) is 15.3. The van der Waals surface area contributed by atoms with E-state index < -0.39 is 29.7 Å². The second-order valence-electron chi connectivity index (χ2n) is 6.08. The largest absolute Gasteiger partial charge is 0.502 e. The highest BCUT2D eigenvalue weighted by molar-refractivity contribution is 5.71. The van der Waals surface area contributed by atoms with Crippen LogP contribution in [0.2, 0.25) is 0 Å². The van der Waals surface area contributed by atoms with Crippen molar-refractivity contribution in [3.63, 3.8) is 0 Å². The molecule has 0 fully saturated rings. The van der Waals surface area contributed by atoms with E-state index in [1.54, 1.807) is 19.1 Å². The van der Waals surface area contributed by atoms with Gasteiger partial charge in [0.2, 0.25) is 11.2 Å². The first-order valence-electron chi connectivity index (χ1n) is 8.81. The minimum atomic E-state index is -0.893. The number of furan rings is 1. The summed E-state index contributed by atoms with van der Waals surface area (Å²) in [6.45, 7) is 1.34. The van der Waals surface area contributed by atoms with Gasteiger partial charge in [0, 0.05) is 11.6 Å². The Kier molecular flexibility index (Phi) is 5.96. The minimum absolute atomic E-state index is 0.0264. The first-order valence-corrected chi connectivity index (χ1v) is 8.81. The maximum Gasteiger partial charge on any atom is 0.306 e. The molecule has 0 radical (unpaired) electrons. The van der Waals surface area contributed by atoms with Gasteiger partial charge in [-0.3, -0.25) is 9.59 Å². The number of esters is 1. The topological polar surface area (TPSA) is 110 Å². The quantitative estimate of drug-likeness (QED) is 0.602. The number of ether oxygens (including phenoxy) is 1. The van der Waals surface area contributed by atoms with Gasteiger partial charge in [0.25, 0.3) is 0 Å². The minimum Gasteiger partial charge on any atom is -0.502 e. The molecule has 3 aromatic rings. The number of carbonyl (C=O) groups excluding carboxylic acids is 1. The van der Waals surface area contributed by atoms with Crippen LogP contribution in [-0.2, 0) is 16.1 Å². The van der Waals surface area contributed by atoms with E-state index in [-0.39, 0.29) is 24.5 Å². The Morgan fingerprint density at radius 2 is 1.89 bits per heavy atom. The maximum atomic E-state index is 12.1. The summed E-state index contributed by atoms with van der Waals surface area (Å²) in [5.41, 5.74) is 0.118. The number of aromatic hydroxyl groups is 1. The number of benzene rings is 1. The van der Waals surface area contributed by atoms with Gasteiger partial charge in [-0.05, 0) is 19.1 Å². The van der Waals surface area contributed by atoms with Crippen LogP contribution in [0.1, 0.15) is 36.5 Å². The van der Waals surface area contributed by atoms with Crippen LogP contribution in [0.5, 0.6) is 5.75 Å². The van der Waals surface area contributed by atoms with Gasteiger partial charge < -0.3 is 23.8 Å². The summed E-state index contributed by atoms with van der Waals surface area (Å²) in [5, 5.41) is 19.6. The van der Waals surface area contributed by atoms with Crippen molar-refractivity contribution in [3.05, 3.63) is 76.0 Å². The molecule has 146 valence electrons. The molecule has 0 aliphatic carbocycles. The molecule has 2 N–H and O–H groups in total. The lowest BCUT2D eigenvalue weighted by molar-refractivity contribution is -0.143. The molecule has 1 atom stereocenters. The summed E-state index contributed by atoms with van der Waals surface area (Å²) in [5.74, 6) is -1.37. The Morgan fingerprint density at radius 1 is 1.14 bits per heavy atom. The van der Waals surface area contributed by atoms with Crippen LogP contribution >= 0.6 is 0 Å². The van der Waals surface area contributed by atoms with Gasteiger partial charge in [-0.2, -0.15) is 0 Å². The van der Waals surface area contributed by atoms with E-state index in [0.29, 0.717) is 11.5 Å². The van der Waals surface area contributed by atoms with Crippen LogP contribution in [0.3, 0.4) is 0 Å². The Balaban J connectivity index is 2.06. The number of carbonyl (C=O) groups is 1. The zero-order chi connectivity index (χ0) is 20.1. The van der Waals surface area contributed by atoms with Gasteiger partial charge in [0.05, 0.1) is 18.9 Å². The monoisotopic (exact) mass is 384 g/mol. The van der Waals surface area contributed by atoms with E-state index >= 15 is 0 Å². The lowest BCUT2D eigenvalue weighted by Gasteiger charge is -2.15. The second-order valence-corrected chi connectivity index (χ2v) is 6.08. The van der Waals surface area contributed by atoms with Crippen molar-refractivity contribution in [2.45, 2.75) is 25.9 Å². The molecule has 2 heterocycles. The summed E-state index contributed by atoms with van der Waals surface area (Å²) >= 11 is 0. The molecule has 2 aromatic heterocycles. The smallest absolute Gasteiger partial charge is 0.306 e. The van der Waals surface area contributed by atoms with E-state index in [1.165, 1.54) is 0 Å². The Hall–Kier alpha value is -3.32. The van der Waals surface area contributed by atoms with Gasteiger partial charge in [-0.25, -0.2) is 0 Å². The lowest BCUT2D eigenvalue weighted by Crippen LogP contribution is -2.14. The molecule has 28 heavy (non-hydrogen) atoms. The molecule has 3 rings (SSSR count). The molecule has 7 nitrogen and oxygen atoms in total. The standard InChI is InChI=1S/C21H20O7/c1-2-26-19(24)11-15(21-20(25)16(23)10-14(12-22)27-21)18-9-8-17(28-18)13-6-4-3-5-7-13/h3-10,15,22,25H,2,11-12H2,1H3/t15-/m1/s1. The number of aliphatic hydroxyl groups is 1. The molecule has 0 aliphatic heterocycles. The molecule has 7 heteroatoms. The maximum absolute atomic E-state index is 12.1. The predicted molar refractivity (Wildman–Crippen MR) is 99.8 cm³/mol. The average Bonchev–Trinajstić information content (AvgIpc) is 3.19. The molecular formula is C21H20O7. The number of aliphatic hydroxyl groups excluding tert-OH is 1. The molecule has 0 amide bonds. The highest BCUT2D eigenvalue weighted by Gasteiger charge is 2.29. The van der Waals surface area contributed by atoms with Crippen LogP contribution in [0.25, 0.3) is 11.3 Å². The summed E-state index contributed by atoms with van der Waals surface area (Å²) in [7, 11) is 0. The summed E-state index contributed by atoms with van der Waals surface area (Å²) in [6.07, 6.45) is -0.207. The predicted octanol–water partition coefficient (Wildman–Crippen LogP) is 3.18. The van der Waals surface area contributed by atoms with Crippen LogP contribution < -0.4 is 5.43 Å². The van der Waals surface area contributed by atoms with E-state index in [0.717, 1.165) is 11.6 Å². The molecular weight excluding hydrogens is 364 g/mol. The van der Waals surface area contributed by atoms with Crippen LogP contribution in [0, 0.1) is 0 Å².